The van der Waals surface area contributed by atoms with Crippen LogP contribution >= 0.6 is 0 Å². The number of hydrogen-bond donors (Lipinski definition) is 0. The van der Waals surface area contributed by atoms with Gasteiger partial charge in [0.2, 0.25) is 0 Å². The van der Waals surface area contributed by atoms with Crippen molar-refractivity contribution in [3.05, 3.63) is 18.2 Å². The number of aromatic nitrogens is 2. The minimum Gasteiger partial charge on any atom is -0.444 e. The van der Waals surface area contributed by atoms with Gasteiger partial charge in [-0.1, -0.05) is 6.92 Å². The summed E-state index contributed by atoms with van der Waals surface area (Å²) in [7, 11) is 0. The molecule has 0 spiro atoms. The van der Waals surface area contributed by atoms with Crippen LogP contribution < -0.4 is 0 Å². The summed E-state index contributed by atoms with van der Waals surface area (Å²) in [6, 6.07) is 0. The molecule has 106 valence electrons. The highest BCUT2D eigenvalue weighted by molar-refractivity contribution is 5.69. The molecule has 5 nitrogen and oxygen atoms in total. The minimum atomic E-state index is -0.415. The molecule has 1 aliphatic heterocycles. The van der Waals surface area contributed by atoms with E-state index in [1.807, 2.05) is 33.2 Å². The molecule has 1 aliphatic rings. The first kappa shape index (κ1) is 13.9. The van der Waals surface area contributed by atoms with Gasteiger partial charge in [-0.3, -0.25) is 0 Å². The quantitative estimate of drug-likeness (QED) is 0.842. The lowest BCUT2D eigenvalue weighted by Gasteiger charge is -2.40. The molecule has 5 heteroatoms. The molecule has 2 rings (SSSR count). The molecule has 0 radical (unpaired) electrons. The van der Waals surface area contributed by atoms with Crippen molar-refractivity contribution < 1.29 is 9.53 Å². The van der Waals surface area contributed by atoms with Crippen LogP contribution in [0.5, 0.6) is 0 Å². The Labute approximate surface area is 114 Å². The Morgan fingerprint density at radius 2 is 2.16 bits per heavy atom. The van der Waals surface area contributed by atoms with Crippen LogP contribution in [-0.2, 0) is 17.7 Å². The van der Waals surface area contributed by atoms with Crippen molar-refractivity contribution in [2.75, 3.05) is 13.1 Å². The van der Waals surface area contributed by atoms with E-state index in [0.717, 1.165) is 31.9 Å². The SMILES string of the molecule is CCc1nccn1CC1CN(C(=O)OC(C)(C)C)C1. The molecule has 1 amide bonds. The van der Waals surface area contributed by atoms with Crippen LogP contribution in [0, 0.1) is 5.92 Å². The van der Waals surface area contributed by atoms with Crippen LogP contribution in [0.25, 0.3) is 0 Å². The highest BCUT2D eigenvalue weighted by Crippen LogP contribution is 2.21. The van der Waals surface area contributed by atoms with Crippen LogP contribution in [0.4, 0.5) is 4.79 Å². The van der Waals surface area contributed by atoms with E-state index in [0.29, 0.717) is 5.92 Å². The number of ether oxygens (including phenoxy) is 1. The zero-order chi connectivity index (χ0) is 14.0. The number of likely N-dealkylation sites (tertiary alicyclic amines) is 1. The van der Waals surface area contributed by atoms with Crippen molar-refractivity contribution in [1.82, 2.24) is 14.5 Å². The molecule has 1 fully saturated rings. The van der Waals surface area contributed by atoms with Gasteiger partial charge >= 0.3 is 6.09 Å². The van der Waals surface area contributed by atoms with E-state index in [-0.39, 0.29) is 6.09 Å². The molecule has 19 heavy (non-hydrogen) atoms. The van der Waals surface area contributed by atoms with Crippen molar-refractivity contribution in [2.45, 2.75) is 46.3 Å². The van der Waals surface area contributed by atoms with Crippen molar-refractivity contribution in [2.24, 2.45) is 5.92 Å². The first-order valence-corrected chi connectivity index (χ1v) is 6.87. The number of carbonyl (C=O) groups is 1. The molecular weight excluding hydrogens is 242 g/mol. The molecule has 0 aromatic carbocycles. The average Bonchev–Trinajstić information content (AvgIpc) is 2.66. The van der Waals surface area contributed by atoms with Gasteiger partial charge in [0.15, 0.2) is 0 Å². The topological polar surface area (TPSA) is 47.4 Å². The fourth-order valence-electron chi connectivity index (χ4n) is 2.26. The van der Waals surface area contributed by atoms with Gasteiger partial charge in [0.25, 0.3) is 0 Å². The average molecular weight is 265 g/mol. The summed E-state index contributed by atoms with van der Waals surface area (Å²) in [5, 5.41) is 0. The number of aryl methyl sites for hydroxylation is 1. The van der Waals surface area contributed by atoms with Crippen molar-refractivity contribution >= 4 is 6.09 Å². The molecule has 0 unspecified atom stereocenters. The van der Waals surface area contributed by atoms with Gasteiger partial charge in [-0.25, -0.2) is 9.78 Å². The Kier molecular flexibility index (Phi) is 3.83. The summed E-state index contributed by atoms with van der Waals surface area (Å²) in [4.78, 5) is 17.9. The van der Waals surface area contributed by atoms with E-state index < -0.39 is 5.60 Å². The lowest BCUT2D eigenvalue weighted by molar-refractivity contribution is -0.00342. The number of nitrogens with zero attached hydrogens (tertiary/aromatic N) is 3. The molecular formula is C14H23N3O2. The summed E-state index contributed by atoms with van der Waals surface area (Å²) >= 11 is 0. The number of carbonyl (C=O) groups excluding carboxylic acids is 1. The Bertz CT molecular complexity index is 442. The molecule has 1 aromatic heterocycles. The van der Waals surface area contributed by atoms with E-state index >= 15 is 0 Å². The predicted molar refractivity (Wildman–Crippen MR) is 72.9 cm³/mol. The number of hydrogen-bond acceptors (Lipinski definition) is 3. The first-order valence-electron chi connectivity index (χ1n) is 6.87. The molecule has 0 aliphatic carbocycles. The van der Waals surface area contributed by atoms with Gasteiger partial charge in [-0.2, -0.15) is 0 Å². The Morgan fingerprint density at radius 1 is 1.47 bits per heavy atom. The number of amides is 1. The van der Waals surface area contributed by atoms with E-state index in [4.69, 9.17) is 4.74 Å². The van der Waals surface area contributed by atoms with Crippen LogP contribution in [0.1, 0.15) is 33.5 Å². The molecule has 2 heterocycles. The molecule has 0 saturated carbocycles. The van der Waals surface area contributed by atoms with E-state index in [9.17, 15) is 4.79 Å². The summed E-state index contributed by atoms with van der Waals surface area (Å²) < 4.78 is 7.52. The highest BCUT2D eigenvalue weighted by Gasteiger charge is 2.33. The van der Waals surface area contributed by atoms with Gasteiger partial charge in [-0.05, 0) is 20.8 Å². The number of imidazole rings is 1. The second kappa shape index (κ2) is 5.23. The van der Waals surface area contributed by atoms with E-state index in [1.165, 1.54) is 0 Å². The minimum absolute atomic E-state index is 0.204. The Hall–Kier alpha value is -1.52. The van der Waals surface area contributed by atoms with Crippen LogP contribution in [-0.4, -0.2) is 39.2 Å². The third-order valence-corrected chi connectivity index (χ3v) is 3.18. The molecule has 1 aromatic rings. The Balaban J connectivity index is 1.79. The zero-order valence-corrected chi connectivity index (χ0v) is 12.2. The van der Waals surface area contributed by atoms with Gasteiger partial charge in [0.1, 0.15) is 11.4 Å². The molecule has 0 atom stereocenters. The summed E-state index contributed by atoms with van der Waals surface area (Å²) in [6.07, 6.45) is 4.58. The molecule has 1 saturated heterocycles. The first-order chi connectivity index (χ1) is 8.89. The van der Waals surface area contributed by atoms with Crippen molar-refractivity contribution in [3.63, 3.8) is 0 Å². The van der Waals surface area contributed by atoms with E-state index in [2.05, 4.69) is 16.5 Å². The maximum atomic E-state index is 11.8. The van der Waals surface area contributed by atoms with Gasteiger partial charge < -0.3 is 14.2 Å². The predicted octanol–water partition coefficient (Wildman–Crippen LogP) is 2.31. The second-order valence-electron chi connectivity index (χ2n) is 6.10. The summed E-state index contributed by atoms with van der Waals surface area (Å²) in [5.74, 6) is 1.61. The van der Waals surface area contributed by atoms with Gasteiger partial charge in [0, 0.05) is 44.4 Å². The zero-order valence-electron chi connectivity index (χ0n) is 12.2. The van der Waals surface area contributed by atoms with Crippen LogP contribution in [0.2, 0.25) is 0 Å². The number of rotatable bonds is 3. The van der Waals surface area contributed by atoms with Crippen molar-refractivity contribution in [1.29, 1.82) is 0 Å². The summed E-state index contributed by atoms with van der Waals surface area (Å²) in [6.45, 7) is 10.3. The lowest BCUT2D eigenvalue weighted by Crippen LogP contribution is -2.52. The second-order valence-corrected chi connectivity index (χ2v) is 6.10. The summed E-state index contributed by atoms with van der Waals surface area (Å²) in [5.41, 5.74) is -0.415. The Morgan fingerprint density at radius 3 is 2.74 bits per heavy atom. The monoisotopic (exact) mass is 265 g/mol. The highest BCUT2D eigenvalue weighted by atomic mass is 16.6. The third kappa shape index (κ3) is 3.49. The van der Waals surface area contributed by atoms with Crippen molar-refractivity contribution in [3.8, 4) is 0 Å². The smallest absolute Gasteiger partial charge is 0.410 e. The maximum Gasteiger partial charge on any atom is 0.410 e. The van der Waals surface area contributed by atoms with E-state index in [1.54, 1.807) is 4.90 Å². The fraction of sp³-hybridized carbons (Fsp3) is 0.714. The standard InChI is InChI=1S/C14H23N3O2/c1-5-12-15-6-7-16(12)8-11-9-17(10-11)13(18)19-14(2,3)4/h6-7,11H,5,8-10H2,1-4H3. The lowest BCUT2D eigenvalue weighted by atomic mass is 10.0. The van der Waals surface area contributed by atoms with Crippen LogP contribution in [0.3, 0.4) is 0 Å². The van der Waals surface area contributed by atoms with Gasteiger partial charge in [0.05, 0.1) is 0 Å². The normalized spacial score (nSPS) is 16.3. The molecule has 0 bridgehead atoms. The van der Waals surface area contributed by atoms with Gasteiger partial charge in [-0.15, -0.1) is 0 Å². The maximum absolute atomic E-state index is 11.8. The molecule has 0 N–H and O–H groups in total. The largest absolute Gasteiger partial charge is 0.444 e. The third-order valence-electron chi connectivity index (χ3n) is 3.18. The fourth-order valence-corrected chi connectivity index (χ4v) is 2.26. The van der Waals surface area contributed by atoms with Crippen LogP contribution in [0.15, 0.2) is 12.4 Å².